The highest BCUT2D eigenvalue weighted by atomic mass is 35.5. The van der Waals surface area contributed by atoms with Crippen LogP contribution in [-0.2, 0) is 6.54 Å². The fourth-order valence-electron chi connectivity index (χ4n) is 1.83. The Bertz CT molecular complexity index is 604. The average Bonchev–Trinajstić information content (AvgIpc) is 2.48. The number of halogens is 2. The van der Waals surface area contributed by atoms with Crippen LogP contribution in [0.4, 0.5) is 10.1 Å². The SMILES string of the molecule is COc1ccc(OC)c(NCc2cccc(Cl)c2F)c1. The van der Waals surface area contributed by atoms with Crippen molar-refractivity contribution in [1.82, 2.24) is 0 Å². The van der Waals surface area contributed by atoms with Gasteiger partial charge in [-0.2, -0.15) is 0 Å². The molecule has 0 atom stereocenters. The quantitative estimate of drug-likeness (QED) is 0.900. The van der Waals surface area contributed by atoms with E-state index in [1.54, 1.807) is 44.6 Å². The molecule has 0 unspecified atom stereocenters. The van der Waals surface area contributed by atoms with Gasteiger partial charge in [0, 0.05) is 18.2 Å². The second-order valence-electron chi connectivity index (χ2n) is 4.13. The molecule has 2 aromatic carbocycles. The predicted octanol–water partition coefficient (Wildman–Crippen LogP) is 4.11. The summed E-state index contributed by atoms with van der Waals surface area (Å²) in [6, 6.07) is 10.3. The monoisotopic (exact) mass is 295 g/mol. The number of anilines is 1. The number of methoxy groups -OCH3 is 2. The van der Waals surface area contributed by atoms with E-state index in [4.69, 9.17) is 21.1 Å². The Morgan fingerprint density at radius 3 is 2.65 bits per heavy atom. The van der Waals surface area contributed by atoms with E-state index >= 15 is 0 Å². The first kappa shape index (κ1) is 14.5. The molecule has 0 aliphatic rings. The summed E-state index contributed by atoms with van der Waals surface area (Å²) in [6.07, 6.45) is 0. The minimum Gasteiger partial charge on any atom is -0.497 e. The molecule has 20 heavy (non-hydrogen) atoms. The van der Waals surface area contributed by atoms with E-state index in [1.165, 1.54) is 6.07 Å². The van der Waals surface area contributed by atoms with Gasteiger partial charge in [-0.1, -0.05) is 23.7 Å². The van der Waals surface area contributed by atoms with Crippen molar-refractivity contribution in [1.29, 1.82) is 0 Å². The van der Waals surface area contributed by atoms with Crippen LogP contribution in [0.3, 0.4) is 0 Å². The lowest BCUT2D eigenvalue weighted by Gasteiger charge is -2.13. The lowest BCUT2D eigenvalue weighted by molar-refractivity contribution is 0.404. The van der Waals surface area contributed by atoms with Gasteiger partial charge in [-0.3, -0.25) is 0 Å². The Kier molecular flexibility index (Phi) is 4.69. The molecule has 0 aliphatic heterocycles. The van der Waals surface area contributed by atoms with Gasteiger partial charge in [-0.15, -0.1) is 0 Å². The van der Waals surface area contributed by atoms with Crippen LogP contribution in [-0.4, -0.2) is 14.2 Å². The van der Waals surface area contributed by atoms with Crippen molar-refractivity contribution in [3.63, 3.8) is 0 Å². The molecule has 0 radical (unpaired) electrons. The van der Waals surface area contributed by atoms with Gasteiger partial charge in [0.15, 0.2) is 0 Å². The first-order valence-corrected chi connectivity index (χ1v) is 6.42. The van der Waals surface area contributed by atoms with Crippen LogP contribution in [0.15, 0.2) is 36.4 Å². The van der Waals surface area contributed by atoms with Crippen molar-refractivity contribution in [3.8, 4) is 11.5 Å². The highest BCUT2D eigenvalue weighted by molar-refractivity contribution is 6.30. The Balaban J connectivity index is 2.19. The maximum atomic E-state index is 13.8. The number of rotatable bonds is 5. The maximum absolute atomic E-state index is 13.8. The first-order chi connectivity index (χ1) is 9.65. The summed E-state index contributed by atoms with van der Waals surface area (Å²) in [5.41, 5.74) is 1.22. The van der Waals surface area contributed by atoms with Gasteiger partial charge in [0.1, 0.15) is 17.3 Å². The number of hydrogen-bond acceptors (Lipinski definition) is 3. The van der Waals surface area contributed by atoms with Crippen LogP contribution in [0, 0.1) is 5.82 Å². The van der Waals surface area contributed by atoms with Crippen molar-refractivity contribution in [3.05, 3.63) is 52.8 Å². The van der Waals surface area contributed by atoms with E-state index in [9.17, 15) is 4.39 Å². The molecule has 0 saturated heterocycles. The van der Waals surface area contributed by atoms with Crippen LogP contribution in [0.5, 0.6) is 11.5 Å². The van der Waals surface area contributed by atoms with Crippen LogP contribution in [0.25, 0.3) is 0 Å². The molecule has 0 spiro atoms. The van der Waals surface area contributed by atoms with Crippen LogP contribution in [0.2, 0.25) is 5.02 Å². The molecule has 0 amide bonds. The third kappa shape index (κ3) is 3.14. The summed E-state index contributed by atoms with van der Waals surface area (Å²) in [7, 11) is 3.16. The third-order valence-electron chi connectivity index (χ3n) is 2.91. The summed E-state index contributed by atoms with van der Waals surface area (Å²) in [5, 5.41) is 3.23. The average molecular weight is 296 g/mol. The van der Waals surface area contributed by atoms with E-state index in [-0.39, 0.29) is 5.02 Å². The first-order valence-electron chi connectivity index (χ1n) is 6.04. The van der Waals surface area contributed by atoms with E-state index in [0.29, 0.717) is 23.6 Å². The van der Waals surface area contributed by atoms with Gasteiger partial charge in [-0.05, 0) is 18.2 Å². The summed E-state index contributed by atoms with van der Waals surface area (Å²) >= 11 is 5.75. The van der Waals surface area contributed by atoms with Crippen molar-refractivity contribution in [2.45, 2.75) is 6.54 Å². The van der Waals surface area contributed by atoms with Gasteiger partial charge in [0.05, 0.1) is 24.9 Å². The second kappa shape index (κ2) is 6.48. The lowest BCUT2D eigenvalue weighted by Crippen LogP contribution is -2.04. The van der Waals surface area contributed by atoms with Gasteiger partial charge in [-0.25, -0.2) is 4.39 Å². The summed E-state index contributed by atoms with van der Waals surface area (Å²) in [5.74, 6) is 0.941. The zero-order valence-electron chi connectivity index (χ0n) is 11.2. The minimum atomic E-state index is -0.413. The number of ether oxygens (including phenoxy) is 2. The molecule has 3 nitrogen and oxygen atoms in total. The highest BCUT2D eigenvalue weighted by Crippen LogP contribution is 2.29. The standard InChI is InChI=1S/C15H15ClFNO2/c1-19-11-6-7-14(20-2)13(8-11)18-9-10-4-3-5-12(16)15(10)17/h3-8,18H,9H2,1-2H3. The molecule has 5 heteroatoms. The maximum Gasteiger partial charge on any atom is 0.146 e. The molecule has 106 valence electrons. The molecule has 0 saturated carbocycles. The Morgan fingerprint density at radius 2 is 1.95 bits per heavy atom. The number of hydrogen-bond donors (Lipinski definition) is 1. The van der Waals surface area contributed by atoms with Crippen LogP contribution in [0.1, 0.15) is 5.56 Å². The molecule has 0 fully saturated rings. The molecular formula is C15H15ClFNO2. The van der Waals surface area contributed by atoms with E-state index in [1.807, 2.05) is 0 Å². The van der Waals surface area contributed by atoms with Crippen molar-refractivity contribution >= 4 is 17.3 Å². The Morgan fingerprint density at radius 1 is 1.15 bits per heavy atom. The van der Waals surface area contributed by atoms with Gasteiger partial charge < -0.3 is 14.8 Å². The molecule has 0 aliphatic carbocycles. The fraction of sp³-hybridized carbons (Fsp3) is 0.200. The summed E-state index contributed by atoms with van der Waals surface area (Å²) < 4.78 is 24.2. The number of benzene rings is 2. The van der Waals surface area contributed by atoms with Crippen molar-refractivity contribution < 1.29 is 13.9 Å². The van der Waals surface area contributed by atoms with Gasteiger partial charge in [0.2, 0.25) is 0 Å². The summed E-state index contributed by atoms with van der Waals surface area (Å²) in [6.45, 7) is 0.302. The van der Waals surface area contributed by atoms with Crippen molar-refractivity contribution in [2.75, 3.05) is 19.5 Å². The number of nitrogens with one attached hydrogen (secondary N) is 1. The molecule has 2 aromatic rings. The zero-order valence-corrected chi connectivity index (χ0v) is 12.0. The topological polar surface area (TPSA) is 30.5 Å². The van der Waals surface area contributed by atoms with Gasteiger partial charge >= 0.3 is 0 Å². The highest BCUT2D eigenvalue weighted by Gasteiger charge is 2.08. The summed E-state index contributed by atoms with van der Waals surface area (Å²) in [4.78, 5) is 0. The molecule has 2 rings (SSSR count). The van der Waals surface area contributed by atoms with Crippen LogP contribution >= 0.6 is 11.6 Å². The lowest BCUT2D eigenvalue weighted by atomic mass is 10.2. The molecule has 0 bridgehead atoms. The van der Waals surface area contributed by atoms with Crippen molar-refractivity contribution in [2.24, 2.45) is 0 Å². The van der Waals surface area contributed by atoms with Gasteiger partial charge in [0.25, 0.3) is 0 Å². The molecule has 0 heterocycles. The van der Waals surface area contributed by atoms with E-state index in [0.717, 1.165) is 5.69 Å². The smallest absolute Gasteiger partial charge is 0.146 e. The normalized spacial score (nSPS) is 10.2. The van der Waals surface area contributed by atoms with Crippen LogP contribution < -0.4 is 14.8 Å². The van der Waals surface area contributed by atoms with E-state index < -0.39 is 5.82 Å². The predicted molar refractivity (Wildman–Crippen MR) is 78.3 cm³/mol. The molecule has 0 aromatic heterocycles. The molecule has 1 N–H and O–H groups in total. The van der Waals surface area contributed by atoms with E-state index in [2.05, 4.69) is 5.32 Å². The fourth-order valence-corrected chi connectivity index (χ4v) is 2.02. The third-order valence-corrected chi connectivity index (χ3v) is 3.20. The Labute approximate surface area is 122 Å². The largest absolute Gasteiger partial charge is 0.497 e. The Hall–Kier alpha value is -1.94. The zero-order chi connectivity index (χ0) is 14.5. The molecular weight excluding hydrogens is 281 g/mol. The second-order valence-corrected chi connectivity index (χ2v) is 4.54. The minimum absolute atomic E-state index is 0.113.